The van der Waals surface area contributed by atoms with Crippen molar-refractivity contribution < 1.29 is 19.1 Å². The SMILES string of the molecule is COc1cccc(NC(=O)[C@@H](C)OC(=O)/C=C/c2ccsc2)c1. The zero-order valence-corrected chi connectivity index (χ0v) is 13.6. The predicted molar refractivity (Wildman–Crippen MR) is 90.5 cm³/mol. The van der Waals surface area contributed by atoms with Crippen molar-refractivity contribution in [3.8, 4) is 5.75 Å². The van der Waals surface area contributed by atoms with Crippen LogP contribution >= 0.6 is 11.3 Å². The molecule has 0 saturated carbocycles. The van der Waals surface area contributed by atoms with E-state index in [1.54, 1.807) is 37.5 Å². The van der Waals surface area contributed by atoms with Crippen LogP contribution in [0.25, 0.3) is 6.08 Å². The van der Waals surface area contributed by atoms with E-state index >= 15 is 0 Å². The fourth-order valence-corrected chi connectivity index (χ4v) is 2.37. The van der Waals surface area contributed by atoms with Gasteiger partial charge >= 0.3 is 5.97 Å². The van der Waals surface area contributed by atoms with E-state index in [4.69, 9.17) is 9.47 Å². The second kappa shape index (κ2) is 8.14. The first-order valence-corrected chi connectivity index (χ1v) is 7.88. The second-order valence-corrected chi connectivity index (χ2v) is 5.47. The number of nitrogens with one attached hydrogen (secondary N) is 1. The summed E-state index contributed by atoms with van der Waals surface area (Å²) in [7, 11) is 1.55. The second-order valence-electron chi connectivity index (χ2n) is 4.69. The Bertz CT molecular complexity index is 694. The Morgan fingerprint density at radius 2 is 2.13 bits per heavy atom. The van der Waals surface area contributed by atoms with Gasteiger partial charge in [-0.15, -0.1) is 0 Å². The molecule has 120 valence electrons. The first-order valence-electron chi connectivity index (χ1n) is 6.94. The van der Waals surface area contributed by atoms with Gasteiger partial charge in [0.05, 0.1) is 7.11 Å². The van der Waals surface area contributed by atoms with Gasteiger partial charge in [0.1, 0.15) is 5.75 Å². The van der Waals surface area contributed by atoms with Crippen LogP contribution in [0.1, 0.15) is 12.5 Å². The summed E-state index contributed by atoms with van der Waals surface area (Å²) in [5.74, 6) is -0.342. The van der Waals surface area contributed by atoms with Crippen molar-refractivity contribution >= 4 is 35.0 Å². The van der Waals surface area contributed by atoms with Crippen LogP contribution in [0.5, 0.6) is 5.75 Å². The topological polar surface area (TPSA) is 64.6 Å². The maximum Gasteiger partial charge on any atom is 0.331 e. The molecule has 0 aliphatic rings. The third-order valence-electron chi connectivity index (χ3n) is 2.95. The number of esters is 1. The Kier molecular flexibility index (Phi) is 5.94. The lowest BCUT2D eigenvalue weighted by atomic mass is 10.2. The Labute approximate surface area is 138 Å². The molecule has 1 atom stereocenters. The van der Waals surface area contributed by atoms with Gasteiger partial charge in [-0.2, -0.15) is 11.3 Å². The molecule has 1 aromatic heterocycles. The Hall–Kier alpha value is -2.60. The molecule has 0 fully saturated rings. The number of carbonyl (C=O) groups excluding carboxylic acids is 2. The molecule has 0 spiro atoms. The number of hydrogen-bond donors (Lipinski definition) is 1. The van der Waals surface area contributed by atoms with Gasteiger partial charge in [0.25, 0.3) is 5.91 Å². The fourth-order valence-electron chi connectivity index (χ4n) is 1.75. The van der Waals surface area contributed by atoms with E-state index in [2.05, 4.69) is 5.32 Å². The number of amides is 1. The van der Waals surface area contributed by atoms with E-state index < -0.39 is 18.0 Å². The van der Waals surface area contributed by atoms with Crippen LogP contribution in [0, 0.1) is 0 Å². The maximum atomic E-state index is 12.0. The van der Waals surface area contributed by atoms with Crippen molar-refractivity contribution in [3.63, 3.8) is 0 Å². The molecule has 1 aromatic carbocycles. The quantitative estimate of drug-likeness (QED) is 0.651. The summed E-state index contributed by atoms with van der Waals surface area (Å²) in [6, 6.07) is 8.82. The number of methoxy groups -OCH3 is 1. The molecule has 0 radical (unpaired) electrons. The van der Waals surface area contributed by atoms with Crippen molar-refractivity contribution in [3.05, 3.63) is 52.7 Å². The van der Waals surface area contributed by atoms with E-state index in [0.717, 1.165) is 5.56 Å². The zero-order valence-electron chi connectivity index (χ0n) is 12.8. The molecule has 1 heterocycles. The molecule has 6 heteroatoms. The molecule has 5 nitrogen and oxygen atoms in total. The van der Waals surface area contributed by atoms with Crippen LogP contribution < -0.4 is 10.1 Å². The third-order valence-corrected chi connectivity index (χ3v) is 3.66. The molecule has 0 bridgehead atoms. The molecular weight excluding hydrogens is 314 g/mol. The molecule has 1 amide bonds. The third kappa shape index (κ3) is 5.27. The highest BCUT2D eigenvalue weighted by Crippen LogP contribution is 2.17. The van der Waals surface area contributed by atoms with Crippen LogP contribution in [-0.4, -0.2) is 25.1 Å². The number of ether oxygens (including phenoxy) is 2. The van der Waals surface area contributed by atoms with Gasteiger partial charge in [-0.1, -0.05) is 6.07 Å². The molecular formula is C17H17NO4S. The molecule has 1 N–H and O–H groups in total. The summed E-state index contributed by atoms with van der Waals surface area (Å²) in [4.78, 5) is 23.7. The molecule has 0 aliphatic carbocycles. The minimum Gasteiger partial charge on any atom is -0.497 e. The number of carbonyl (C=O) groups is 2. The minimum absolute atomic E-state index is 0.407. The lowest BCUT2D eigenvalue weighted by Crippen LogP contribution is -2.29. The number of hydrogen-bond acceptors (Lipinski definition) is 5. The molecule has 23 heavy (non-hydrogen) atoms. The lowest BCUT2D eigenvalue weighted by molar-refractivity contribution is -0.148. The first kappa shape index (κ1) is 16.8. The summed E-state index contributed by atoms with van der Waals surface area (Å²) < 4.78 is 10.2. The van der Waals surface area contributed by atoms with Crippen LogP contribution in [0.15, 0.2) is 47.2 Å². The standard InChI is InChI=1S/C17H17NO4S/c1-12(22-16(19)7-6-13-8-9-23-11-13)17(20)18-14-4-3-5-15(10-14)21-2/h3-12H,1-2H3,(H,18,20)/b7-6+/t12-/m1/s1. The molecule has 0 unspecified atom stereocenters. The molecule has 0 aliphatic heterocycles. The largest absolute Gasteiger partial charge is 0.497 e. The highest BCUT2D eigenvalue weighted by molar-refractivity contribution is 7.08. The van der Waals surface area contributed by atoms with Crippen LogP contribution in [0.3, 0.4) is 0 Å². The highest BCUT2D eigenvalue weighted by atomic mass is 32.1. The fraction of sp³-hybridized carbons (Fsp3) is 0.176. The summed E-state index contributed by atoms with van der Waals surface area (Å²) in [6.45, 7) is 1.52. The van der Waals surface area contributed by atoms with E-state index in [0.29, 0.717) is 11.4 Å². The van der Waals surface area contributed by atoms with Gasteiger partial charge in [-0.3, -0.25) is 4.79 Å². The first-order chi connectivity index (χ1) is 11.1. The molecule has 2 aromatic rings. The van der Waals surface area contributed by atoms with E-state index in [1.807, 2.05) is 16.8 Å². The van der Waals surface area contributed by atoms with Crippen LogP contribution in [0.2, 0.25) is 0 Å². The minimum atomic E-state index is -0.902. The zero-order chi connectivity index (χ0) is 16.7. The average Bonchev–Trinajstić information content (AvgIpc) is 3.06. The summed E-state index contributed by atoms with van der Waals surface area (Å²) in [5.41, 5.74) is 1.49. The normalized spacial score (nSPS) is 11.9. The van der Waals surface area contributed by atoms with E-state index in [1.165, 1.54) is 24.3 Å². The highest BCUT2D eigenvalue weighted by Gasteiger charge is 2.16. The monoisotopic (exact) mass is 331 g/mol. The van der Waals surface area contributed by atoms with Crippen molar-refractivity contribution in [1.29, 1.82) is 0 Å². The Morgan fingerprint density at radius 3 is 2.83 bits per heavy atom. The molecule has 2 rings (SSSR count). The summed E-state index contributed by atoms with van der Waals surface area (Å²) in [6.07, 6.45) is 2.05. The Balaban J connectivity index is 1.87. The number of rotatable bonds is 6. The Morgan fingerprint density at radius 1 is 1.30 bits per heavy atom. The van der Waals surface area contributed by atoms with Crippen molar-refractivity contribution in [2.24, 2.45) is 0 Å². The number of thiophene rings is 1. The summed E-state index contributed by atoms with van der Waals surface area (Å²) in [5, 5.41) is 6.49. The maximum absolute atomic E-state index is 12.0. The van der Waals surface area contributed by atoms with Crippen molar-refractivity contribution in [2.75, 3.05) is 12.4 Å². The number of benzene rings is 1. The smallest absolute Gasteiger partial charge is 0.331 e. The number of anilines is 1. The van der Waals surface area contributed by atoms with Gasteiger partial charge in [0, 0.05) is 17.8 Å². The summed E-state index contributed by atoms with van der Waals surface area (Å²) >= 11 is 1.54. The van der Waals surface area contributed by atoms with Gasteiger partial charge < -0.3 is 14.8 Å². The average molecular weight is 331 g/mol. The molecule has 0 saturated heterocycles. The van der Waals surface area contributed by atoms with Gasteiger partial charge in [-0.25, -0.2) is 4.79 Å². The van der Waals surface area contributed by atoms with Gasteiger partial charge in [0.2, 0.25) is 0 Å². The van der Waals surface area contributed by atoms with E-state index in [9.17, 15) is 9.59 Å². The van der Waals surface area contributed by atoms with Crippen molar-refractivity contribution in [1.82, 2.24) is 0 Å². The van der Waals surface area contributed by atoms with Gasteiger partial charge in [-0.05, 0) is 47.5 Å². The van der Waals surface area contributed by atoms with Crippen molar-refractivity contribution in [2.45, 2.75) is 13.0 Å². The lowest BCUT2D eigenvalue weighted by Gasteiger charge is -2.12. The van der Waals surface area contributed by atoms with Crippen LogP contribution in [0.4, 0.5) is 5.69 Å². The van der Waals surface area contributed by atoms with Gasteiger partial charge in [0.15, 0.2) is 6.10 Å². The van der Waals surface area contributed by atoms with Crippen LogP contribution in [-0.2, 0) is 14.3 Å². The predicted octanol–water partition coefficient (Wildman–Crippen LogP) is 3.34. The van der Waals surface area contributed by atoms with E-state index in [-0.39, 0.29) is 0 Å².